The smallest absolute Gasteiger partial charge is 0.253 e. The van der Waals surface area contributed by atoms with Gasteiger partial charge in [0.25, 0.3) is 5.91 Å². The lowest BCUT2D eigenvalue weighted by Gasteiger charge is -2.33. The van der Waals surface area contributed by atoms with Crippen LogP contribution in [0.2, 0.25) is 0 Å². The van der Waals surface area contributed by atoms with Crippen molar-refractivity contribution < 1.29 is 4.79 Å². The lowest BCUT2D eigenvalue weighted by Crippen LogP contribution is -2.42. The summed E-state index contributed by atoms with van der Waals surface area (Å²) in [6.45, 7) is 0.851. The summed E-state index contributed by atoms with van der Waals surface area (Å²) in [5.41, 5.74) is 12.0. The molecule has 182 valence electrons. The van der Waals surface area contributed by atoms with Crippen LogP contribution in [0.5, 0.6) is 0 Å². The molecule has 1 aromatic carbocycles. The average Bonchev–Trinajstić information content (AvgIpc) is 3.51. The average molecular weight is 472 g/mol. The Labute approximate surface area is 205 Å². The van der Waals surface area contributed by atoms with Crippen LogP contribution in [0.1, 0.15) is 84.2 Å². The van der Waals surface area contributed by atoms with E-state index >= 15 is 0 Å². The second-order valence-corrected chi connectivity index (χ2v) is 10.9. The van der Waals surface area contributed by atoms with Crippen molar-refractivity contribution in [3.05, 3.63) is 59.2 Å². The van der Waals surface area contributed by atoms with Crippen molar-refractivity contribution in [2.45, 2.75) is 81.6 Å². The fourth-order valence-electron chi connectivity index (χ4n) is 6.81. The van der Waals surface area contributed by atoms with Crippen molar-refractivity contribution in [3.8, 4) is 0 Å². The molecular formula is C27H33N7O. The Morgan fingerprint density at radius 1 is 0.943 bits per heavy atom. The number of hydrogen-bond acceptors (Lipinski definition) is 6. The van der Waals surface area contributed by atoms with Gasteiger partial charge in [-0.05, 0) is 80.0 Å². The van der Waals surface area contributed by atoms with Gasteiger partial charge in [0.15, 0.2) is 0 Å². The van der Waals surface area contributed by atoms with Crippen LogP contribution >= 0.6 is 0 Å². The van der Waals surface area contributed by atoms with Gasteiger partial charge in [0.05, 0.1) is 17.1 Å². The van der Waals surface area contributed by atoms with E-state index in [1.807, 2.05) is 24.4 Å². The van der Waals surface area contributed by atoms with E-state index < -0.39 is 0 Å². The molecular weight excluding hydrogens is 438 g/mol. The molecule has 8 bridgehead atoms. The number of imidazole rings is 1. The molecule has 8 heteroatoms. The van der Waals surface area contributed by atoms with Gasteiger partial charge in [0.2, 0.25) is 0 Å². The largest absolute Gasteiger partial charge is 0.349 e. The van der Waals surface area contributed by atoms with Crippen molar-refractivity contribution in [1.82, 2.24) is 36.4 Å². The first-order valence-corrected chi connectivity index (χ1v) is 13.2. The summed E-state index contributed by atoms with van der Waals surface area (Å²) in [6.07, 6.45) is 11.6. The number of aromatic amines is 1. The Morgan fingerprint density at radius 3 is 2.74 bits per heavy atom. The number of amides is 1. The lowest BCUT2D eigenvalue weighted by molar-refractivity contribution is 0.0925. The van der Waals surface area contributed by atoms with E-state index in [1.54, 1.807) is 0 Å². The second-order valence-electron chi connectivity index (χ2n) is 10.9. The number of fused-ring (bicyclic) bond motifs is 4. The van der Waals surface area contributed by atoms with Gasteiger partial charge in [0, 0.05) is 37.1 Å². The molecule has 5 heterocycles. The summed E-state index contributed by atoms with van der Waals surface area (Å²) in [5.74, 6) is 1.82. The molecule has 5 N–H and O–H groups in total. The number of H-pyrrole nitrogens is 1. The third-order valence-corrected chi connectivity index (χ3v) is 8.77. The number of rotatable bonds is 0. The molecule has 0 spiro atoms. The molecule has 35 heavy (non-hydrogen) atoms. The highest BCUT2D eigenvalue weighted by atomic mass is 16.1. The number of para-hydroxylation sites is 1. The van der Waals surface area contributed by atoms with E-state index in [1.165, 1.54) is 11.1 Å². The SMILES string of the molecule is O=C1NC2CCC(CC2)NCc2cncc(c2)C2CCC3NNC(c4nc5c1cccc5[nH]4)C3C2. The normalized spacial score (nSPS) is 32.7. The van der Waals surface area contributed by atoms with Crippen molar-refractivity contribution >= 4 is 16.9 Å². The van der Waals surface area contributed by atoms with Crippen molar-refractivity contribution in [2.24, 2.45) is 5.92 Å². The van der Waals surface area contributed by atoms with Crippen LogP contribution in [0.25, 0.3) is 11.0 Å². The van der Waals surface area contributed by atoms with E-state index in [2.05, 4.69) is 43.7 Å². The lowest BCUT2D eigenvalue weighted by atomic mass is 9.73. The van der Waals surface area contributed by atoms with E-state index in [0.717, 1.165) is 68.3 Å². The van der Waals surface area contributed by atoms with Crippen molar-refractivity contribution in [1.29, 1.82) is 0 Å². The minimum Gasteiger partial charge on any atom is -0.349 e. The van der Waals surface area contributed by atoms with E-state index in [4.69, 9.17) is 4.98 Å². The van der Waals surface area contributed by atoms with Gasteiger partial charge >= 0.3 is 0 Å². The van der Waals surface area contributed by atoms with Gasteiger partial charge in [-0.3, -0.25) is 15.2 Å². The molecule has 2 aliphatic carbocycles. The fraction of sp³-hybridized carbons (Fsp3) is 0.519. The maximum absolute atomic E-state index is 13.3. The molecule has 3 aromatic rings. The van der Waals surface area contributed by atoms with Gasteiger partial charge in [-0.2, -0.15) is 0 Å². The Hall–Kier alpha value is -2.81. The zero-order chi connectivity index (χ0) is 23.4. The van der Waals surface area contributed by atoms with Gasteiger partial charge in [0.1, 0.15) is 11.3 Å². The first-order chi connectivity index (χ1) is 17.2. The summed E-state index contributed by atoms with van der Waals surface area (Å²) in [5, 5.41) is 7.04. The van der Waals surface area contributed by atoms with E-state index in [0.29, 0.717) is 29.5 Å². The highest BCUT2D eigenvalue weighted by molar-refractivity contribution is 6.05. The van der Waals surface area contributed by atoms with Crippen LogP contribution in [-0.2, 0) is 6.54 Å². The van der Waals surface area contributed by atoms with Crippen molar-refractivity contribution in [2.75, 3.05) is 0 Å². The molecule has 8 nitrogen and oxygen atoms in total. The molecule has 1 amide bonds. The Kier molecular flexibility index (Phi) is 5.33. The van der Waals surface area contributed by atoms with Crippen LogP contribution < -0.4 is 21.5 Å². The molecule has 3 fully saturated rings. The fourth-order valence-corrected chi connectivity index (χ4v) is 6.81. The third kappa shape index (κ3) is 3.93. The number of hydrazine groups is 1. The Morgan fingerprint density at radius 2 is 1.83 bits per heavy atom. The van der Waals surface area contributed by atoms with Crippen LogP contribution in [0.15, 0.2) is 36.7 Å². The maximum atomic E-state index is 13.3. The number of nitrogens with one attached hydrogen (secondary N) is 5. The zero-order valence-corrected chi connectivity index (χ0v) is 19.9. The second kappa shape index (κ2) is 8.69. The minimum absolute atomic E-state index is 0.0156. The molecule has 1 saturated heterocycles. The standard InChI is InChI=1S/C27H33N7O/c35-27-20-2-1-3-23-24(20)32-26(31-23)25-21-11-16(4-9-22(21)33-34-25)17-10-15(12-28-14-17)13-29-18-5-7-19(30-27)8-6-18/h1-3,10,12,14,16,18-19,21-22,25,29,33-34H,4-9,11,13H2,(H,30,35)(H,31,32). The number of pyridine rings is 1. The van der Waals surface area contributed by atoms with E-state index in [9.17, 15) is 4.79 Å². The predicted octanol–water partition coefficient (Wildman–Crippen LogP) is 3.20. The first-order valence-electron chi connectivity index (χ1n) is 13.2. The molecule has 4 atom stereocenters. The number of hydrogen-bond donors (Lipinski definition) is 5. The molecule has 2 saturated carbocycles. The number of aromatic nitrogens is 3. The molecule has 5 aliphatic rings. The third-order valence-electron chi connectivity index (χ3n) is 8.77. The van der Waals surface area contributed by atoms with Gasteiger partial charge < -0.3 is 15.6 Å². The molecule has 0 radical (unpaired) electrons. The predicted molar refractivity (Wildman–Crippen MR) is 134 cm³/mol. The number of nitrogens with zero attached hydrogens (tertiary/aromatic N) is 2. The quantitative estimate of drug-likeness (QED) is 0.345. The van der Waals surface area contributed by atoms with Crippen LogP contribution in [-0.4, -0.2) is 39.0 Å². The molecule has 2 aromatic heterocycles. The number of benzene rings is 1. The number of carbonyl (C=O) groups excluding carboxylic acids is 1. The summed E-state index contributed by atoms with van der Waals surface area (Å²) in [7, 11) is 0. The summed E-state index contributed by atoms with van der Waals surface area (Å²) >= 11 is 0. The van der Waals surface area contributed by atoms with Gasteiger partial charge in [-0.25, -0.2) is 10.4 Å². The van der Waals surface area contributed by atoms with Crippen LogP contribution in [0.4, 0.5) is 0 Å². The highest BCUT2D eigenvalue weighted by Crippen LogP contribution is 2.44. The highest BCUT2D eigenvalue weighted by Gasteiger charge is 2.42. The summed E-state index contributed by atoms with van der Waals surface area (Å²) in [4.78, 5) is 26.4. The summed E-state index contributed by atoms with van der Waals surface area (Å²) < 4.78 is 0. The minimum atomic E-state index is -0.0156. The van der Waals surface area contributed by atoms with E-state index in [-0.39, 0.29) is 18.0 Å². The maximum Gasteiger partial charge on any atom is 0.253 e. The summed E-state index contributed by atoms with van der Waals surface area (Å²) in [6, 6.07) is 9.44. The zero-order valence-electron chi connectivity index (χ0n) is 19.9. The topological polar surface area (TPSA) is 107 Å². The van der Waals surface area contributed by atoms with Gasteiger partial charge in [-0.1, -0.05) is 12.1 Å². The molecule has 8 rings (SSSR count). The van der Waals surface area contributed by atoms with Crippen LogP contribution in [0, 0.1) is 5.92 Å². The Balaban J connectivity index is 1.27. The monoisotopic (exact) mass is 471 g/mol. The first kappa shape index (κ1) is 21.5. The van der Waals surface area contributed by atoms with Crippen LogP contribution in [0.3, 0.4) is 0 Å². The number of carbonyl (C=O) groups is 1. The van der Waals surface area contributed by atoms with Crippen molar-refractivity contribution in [3.63, 3.8) is 0 Å². The molecule has 3 aliphatic heterocycles. The molecule has 4 unspecified atom stereocenters. The Bertz CT molecular complexity index is 1250. The van der Waals surface area contributed by atoms with Gasteiger partial charge in [-0.15, -0.1) is 0 Å².